The van der Waals surface area contributed by atoms with Gasteiger partial charge < -0.3 is 15.3 Å². The van der Waals surface area contributed by atoms with E-state index in [1.807, 2.05) is 4.90 Å². The number of nitrogens with zero attached hydrogens (tertiary/aromatic N) is 2. The van der Waals surface area contributed by atoms with Crippen LogP contribution in [-0.2, 0) is 9.59 Å². The molecule has 2 saturated heterocycles. The summed E-state index contributed by atoms with van der Waals surface area (Å²) in [5, 5.41) is 14.0. The number of hydrogen-bond donors (Lipinski definition) is 2. The molecule has 2 heterocycles. The van der Waals surface area contributed by atoms with Crippen LogP contribution in [-0.4, -0.2) is 71.6 Å². The molecule has 28 heavy (non-hydrogen) atoms. The average molecular weight is 392 g/mol. The maximum atomic E-state index is 12.6. The molecule has 158 valence electrons. The Morgan fingerprint density at radius 1 is 0.964 bits per heavy atom. The van der Waals surface area contributed by atoms with Gasteiger partial charge in [-0.2, -0.15) is 0 Å². The third kappa shape index (κ3) is 4.88. The van der Waals surface area contributed by atoms with Gasteiger partial charge in [-0.25, -0.2) is 0 Å². The molecule has 2 aliphatic heterocycles. The molecule has 2 atom stereocenters. The molecule has 2 N–H and O–H groups in total. The van der Waals surface area contributed by atoms with Crippen molar-refractivity contribution >= 4 is 11.8 Å². The van der Waals surface area contributed by atoms with E-state index in [9.17, 15) is 14.7 Å². The number of hydrogen-bond acceptors (Lipinski definition) is 4. The molecule has 6 nitrogen and oxygen atoms in total. The summed E-state index contributed by atoms with van der Waals surface area (Å²) in [5.41, 5.74) is -0.263. The first-order valence-electron chi connectivity index (χ1n) is 11.5. The highest BCUT2D eigenvalue weighted by Crippen LogP contribution is 2.40. The van der Waals surface area contributed by atoms with E-state index in [1.165, 1.54) is 32.1 Å². The summed E-state index contributed by atoms with van der Waals surface area (Å²) in [7, 11) is 0. The third-order valence-corrected chi connectivity index (χ3v) is 7.42. The lowest BCUT2D eigenvalue weighted by Gasteiger charge is -2.51. The molecule has 1 spiro atoms. The number of amides is 2. The van der Waals surface area contributed by atoms with Gasteiger partial charge in [0.15, 0.2) is 0 Å². The quantitative estimate of drug-likeness (QED) is 0.751. The van der Waals surface area contributed by atoms with Crippen LogP contribution in [0.5, 0.6) is 0 Å². The van der Waals surface area contributed by atoms with Crippen LogP contribution in [0.15, 0.2) is 0 Å². The molecule has 0 aromatic heterocycles. The second kappa shape index (κ2) is 8.70. The zero-order chi connectivity index (χ0) is 19.6. The van der Waals surface area contributed by atoms with Crippen molar-refractivity contribution in [2.75, 3.05) is 32.7 Å². The van der Waals surface area contributed by atoms with Crippen molar-refractivity contribution in [2.24, 2.45) is 11.3 Å². The summed E-state index contributed by atoms with van der Waals surface area (Å²) in [4.78, 5) is 29.4. The van der Waals surface area contributed by atoms with Gasteiger partial charge in [0, 0.05) is 44.1 Å². The van der Waals surface area contributed by atoms with Gasteiger partial charge in [-0.05, 0) is 50.9 Å². The van der Waals surface area contributed by atoms with E-state index in [4.69, 9.17) is 0 Å². The fraction of sp³-hybridized carbons (Fsp3) is 0.909. The molecule has 2 saturated carbocycles. The van der Waals surface area contributed by atoms with Crippen LogP contribution in [0.4, 0.5) is 0 Å². The van der Waals surface area contributed by atoms with Crippen molar-refractivity contribution in [2.45, 2.75) is 82.8 Å². The first-order valence-corrected chi connectivity index (χ1v) is 11.5. The van der Waals surface area contributed by atoms with Crippen molar-refractivity contribution in [1.82, 2.24) is 15.1 Å². The van der Waals surface area contributed by atoms with Crippen LogP contribution in [0.2, 0.25) is 0 Å². The first kappa shape index (κ1) is 20.1. The largest absolute Gasteiger partial charge is 0.392 e. The van der Waals surface area contributed by atoms with Crippen LogP contribution in [0.3, 0.4) is 0 Å². The molecule has 0 bridgehead atoms. The summed E-state index contributed by atoms with van der Waals surface area (Å²) < 4.78 is 0. The fourth-order valence-electron chi connectivity index (χ4n) is 5.57. The number of carbonyl (C=O) groups excluding carboxylic acids is 2. The molecule has 0 aromatic carbocycles. The van der Waals surface area contributed by atoms with Gasteiger partial charge >= 0.3 is 0 Å². The van der Waals surface area contributed by atoms with E-state index in [1.54, 1.807) is 0 Å². The van der Waals surface area contributed by atoms with E-state index < -0.39 is 0 Å². The molecular weight excluding hydrogens is 354 g/mol. The Kier molecular flexibility index (Phi) is 6.26. The predicted octanol–water partition coefficient (Wildman–Crippen LogP) is 1.91. The topological polar surface area (TPSA) is 72.9 Å². The first-order chi connectivity index (χ1) is 13.5. The van der Waals surface area contributed by atoms with Gasteiger partial charge in [-0.15, -0.1) is 0 Å². The zero-order valence-electron chi connectivity index (χ0n) is 17.2. The molecular formula is C22H37N3O3. The lowest BCUT2D eigenvalue weighted by Crippen LogP contribution is -2.60. The highest BCUT2D eigenvalue weighted by Gasteiger charge is 2.46. The van der Waals surface area contributed by atoms with E-state index in [-0.39, 0.29) is 23.3 Å². The minimum Gasteiger partial charge on any atom is -0.392 e. The summed E-state index contributed by atoms with van der Waals surface area (Å²) in [6, 6.07) is 0.343. The Bertz CT molecular complexity index is 573. The van der Waals surface area contributed by atoms with Crippen molar-refractivity contribution in [1.29, 1.82) is 0 Å². The van der Waals surface area contributed by atoms with Gasteiger partial charge in [0.05, 0.1) is 12.6 Å². The average Bonchev–Trinajstić information content (AvgIpc) is 3.50. The maximum Gasteiger partial charge on any atom is 0.234 e. The predicted molar refractivity (Wildman–Crippen MR) is 108 cm³/mol. The molecule has 4 fully saturated rings. The number of likely N-dealkylation sites (tertiary alicyclic amines) is 2. The van der Waals surface area contributed by atoms with Crippen molar-refractivity contribution < 1.29 is 14.7 Å². The lowest BCUT2D eigenvalue weighted by molar-refractivity contribution is -0.143. The standard InChI is InChI=1S/C22H37N3O3/c26-19-9-12-24(14-20(27)23-18-5-2-1-3-6-18)15-22(19)10-4-11-25(16-22)21(28)13-17-7-8-17/h17-19,26H,1-16H2,(H,23,27)/t19-,22-/m1/s1. The maximum absolute atomic E-state index is 12.6. The molecule has 4 aliphatic rings. The van der Waals surface area contributed by atoms with Crippen LogP contribution in [0.25, 0.3) is 0 Å². The van der Waals surface area contributed by atoms with Crippen molar-refractivity contribution in [3.05, 3.63) is 0 Å². The molecule has 6 heteroatoms. The SMILES string of the molecule is O=C(CN1CC[C@@H](O)[C@]2(CCCN(C(=O)CC3CC3)C2)C1)NC1CCCCC1. The van der Waals surface area contributed by atoms with Crippen molar-refractivity contribution in [3.63, 3.8) is 0 Å². The second-order valence-corrected chi connectivity index (χ2v) is 9.85. The highest BCUT2D eigenvalue weighted by atomic mass is 16.3. The zero-order valence-corrected chi connectivity index (χ0v) is 17.2. The lowest BCUT2D eigenvalue weighted by atomic mass is 9.71. The fourth-order valence-corrected chi connectivity index (χ4v) is 5.57. The summed E-state index contributed by atoms with van der Waals surface area (Å²) in [6.45, 7) is 3.38. The normalized spacial score (nSPS) is 32.5. The highest BCUT2D eigenvalue weighted by molar-refractivity contribution is 5.78. The summed E-state index contributed by atoms with van der Waals surface area (Å²) in [6.07, 6.45) is 11.2. The number of aliphatic hydroxyl groups is 1. The number of carbonyl (C=O) groups is 2. The van der Waals surface area contributed by atoms with Gasteiger partial charge in [0.2, 0.25) is 11.8 Å². The van der Waals surface area contributed by atoms with Crippen LogP contribution < -0.4 is 5.32 Å². The molecule has 2 amide bonds. The Morgan fingerprint density at radius 3 is 2.50 bits per heavy atom. The van der Waals surface area contributed by atoms with Gasteiger partial charge in [-0.3, -0.25) is 14.5 Å². The minimum absolute atomic E-state index is 0.121. The van der Waals surface area contributed by atoms with Crippen molar-refractivity contribution in [3.8, 4) is 0 Å². The van der Waals surface area contributed by atoms with E-state index in [2.05, 4.69) is 10.2 Å². The molecule has 0 aromatic rings. The van der Waals surface area contributed by atoms with Gasteiger partial charge in [0.1, 0.15) is 0 Å². The van der Waals surface area contributed by atoms with E-state index >= 15 is 0 Å². The Morgan fingerprint density at radius 2 is 1.75 bits per heavy atom. The Labute approximate surface area is 169 Å². The van der Waals surface area contributed by atoms with E-state index in [0.29, 0.717) is 37.9 Å². The van der Waals surface area contributed by atoms with Gasteiger partial charge in [-0.1, -0.05) is 19.3 Å². The number of rotatable bonds is 5. The Balaban J connectivity index is 1.32. The molecule has 0 radical (unpaired) electrons. The summed E-state index contributed by atoms with van der Waals surface area (Å²) in [5.74, 6) is 0.985. The number of aliphatic hydroxyl groups excluding tert-OH is 1. The molecule has 0 unspecified atom stereocenters. The number of piperidine rings is 2. The third-order valence-electron chi connectivity index (χ3n) is 7.42. The smallest absolute Gasteiger partial charge is 0.234 e. The monoisotopic (exact) mass is 391 g/mol. The molecule has 4 rings (SSSR count). The van der Waals surface area contributed by atoms with E-state index in [0.717, 1.165) is 45.3 Å². The van der Waals surface area contributed by atoms with Crippen LogP contribution in [0, 0.1) is 11.3 Å². The van der Waals surface area contributed by atoms with Gasteiger partial charge in [0.25, 0.3) is 0 Å². The van der Waals surface area contributed by atoms with Crippen LogP contribution >= 0.6 is 0 Å². The summed E-state index contributed by atoms with van der Waals surface area (Å²) >= 11 is 0. The number of nitrogens with one attached hydrogen (secondary N) is 1. The molecule has 2 aliphatic carbocycles. The Hall–Kier alpha value is -1.14. The second-order valence-electron chi connectivity index (χ2n) is 9.85. The minimum atomic E-state index is -0.373. The van der Waals surface area contributed by atoms with Crippen LogP contribution in [0.1, 0.15) is 70.6 Å².